The lowest BCUT2D eigenvalue weighted by Crippen LogP contribution is -2.64. The first-order valence-corrected chi connectivity index (χ1v) is 10.8. The number of ether oxygens (including phenoxy) is 1. The van der Waals surface area contributed by atoms with Gasteiger partial charge in [-0.05, 0) is 37.1 Å². The zero-order chi connectivity index (χ0) is 22.6. The van der Waals surface area contributed by atoms with Gasteiger partial charge in [0.2, 0.25) is 5.96 Å². The topological polar surface area (TPSA) is 68.7 Å². The molecular formula is C24H27N5O3. The first-order valence-electron chi connectivity index (χ1n) is 10.8. The summed E-state index contributed by atoms with van der Waals surface area (Å²) < 4.78 is 5.58. The molecule has 32 heavy (non-hydrogen) atoms. The van der Waals surface area contributed by atoms with Crippen LogP contribution >= 0.6 is 0 Å². The molecule has 2 saturated heterocycles. The van der Waals surface area contributed by atoms with E-state index in [4.69, 9.17) is 9.73 Å². The van der Waals surface area contributed by atoms with Crippen molar-refractivity contribution < 1.29 is 14.3 Å². The lowest BCUT2D eigenvalue weighted by Gasteiger charge is -2.40. The van der Waals surface area contributed by atoms with Crippen molar-refractivity contribution in [1.82, 2.24) is 14.7 Å². The number of likely N-dealkylation sites (N-methyl/N-ethyl adjacent to an activating group) is 1. The molecule has 0 spiro atoms. The number of aliphatic imine (C=N–C) groups is 1. The summed E-state index contributed by atoms with van der Waals surface area (Å²) >= 11 is 0. The number of fused-ring (bicyclic) bond motifs is 3. The first-order chi connectivity index (χ1) is 15.4. The molecule has 0 saturated carbocycles. The predicted octanol–water partition coefficient (Wildman–Crippen LogP) is 2.59. The van der Waals surface area contributed by atoms with E-state index in [0.717, 1.165) is 28.1 Å². The number of hydrogen-bond acceptors (Lipinski definition) is 6. The van der Waals surface area contributed by atoms with Gasteiger partial charge in [0.05, 0.1) is 19.3 Å². The first kappa shape index (κ1) is 20.4. The maximum Gasteiger partial charge on any atom is 0.328 e. The van der Waals surface area contributed by atoms with E-state index in [1.165, 1.54) is 4.90 Å². The molecule has 3 aliphatic rings. The third-order valence-corrected chi connectivity index (χ3v) is 6.46. The molecule has 0 N–H and O–H groups in total. The Bertz CT molecular complexity index is 1110. The normalized spacial score (nSPS) is 22.3. The van der Waals surface area contributed by atoms with Gasteiger partial charge < -0.3 is 19.4 Å². The summed E-state index contributed by atoms with van der Waals surface area (Å²) in [5.74, 6) is 1.27. The van der Waals surface area contributed by atoms with Crippen LogP contribution in [0.4, 0.5) is 10.5 Å². The summed E-state index contributed by atoms with van der Waals surface area (Å²) in [6.07, 6.45) is -0.530. The highest BCUT2D eigenvalue weighted by Gasteiger charge is 2.54. The van der Waals surface area contributed by atoms with E-state index in [0.29, 0.717) is 19.0 Å². The number of carbonyl (C=O) groups excluding carboxylic acids is 2. The molecule has 2 aromatic carbocycles. The fourth-order valence-electron chi connectivity index (χ4n) is 4.70. The highest BCUT2D eigenvalue weighted by Crippen LogP contribution is 2.37. The van der Waals surface area contributed by atoms with Gasteiger partial charge in [-0.15, -0.1) is 0 Å². The van der Waals surface area contributed by atoms with Crippen molar-refractivity contribution in [3.63, 3.8) is 0 Å². The van der Waals surface area contributed by atoms with Crippen LogP contribution in [-0.4, -0.2) is 72.1 Å². The maximum absolute atomic E-state index is 13.5. The average molecular weight is 434 g/mol. The Morgan fingerprint density at radius 3 is 2.47 bits per heavy atom. The Hall–Kier alpha value is -3.55. The van der Waals surface area contributed by atoms with Gasteiger partial charge in [-0.1, -0.05) is 35.9 Å². The molecule has 8 heteroatoms. The molecule has 5 rings (SSSR count). The van der Waals surface area contributed by atoms with Crippen LogP contribution < -0.4 is 9.64 Å². The Labute approximate surface area is 187 Å². The summed E-state index contributed by atoms with van der Waals surface area (Å²) in [6, 6.07) is 13.1. The molecule has 2 unspecified atom stereocenters. The van der Waals surface area contributed by atoms with Crippen LogP contribution in [0.1, 0.15) is 16.7 Å². The molecule has 0 aromatic heterocycles. The molecule has 2 aromatic rings. The molecular weight excluding hydrogens is 406 g/mol. The van der Waals surface area contributed by atoms with Crippen molar-refractivity contribution in [3.05, 3.63) is 59.2 Å². The molecule has 0 bridgehead atoms. The highest BCUT2D eigenvalue weighted by molar-refractivity contribution is 6.08. The summed E-state index contributed by atoms with van der Waals surface area (Å²) in [7, 11) is 3.37. The molecule has 0 radical (unpaired) electrons. The largest absolute Gasteiger partial charge is 0.495 e. The molecule has 2 fully saturated rings. The van der Waals surface area contributed by atoms with Crippen LogP contribution in [0, 0.1) is 13.8 Å². The second-order valence-corrected chi connectivity index (χ2v) is 8.61. The van der Waals surface area contributed by atoms with Gasteiger partial charge in [-0.2, -0.15) is 0 Å². The molecule has 0 aliphatic carbocycles. The van der Waals surface area contributed by atoms with Crippen LogP contribution in [0.3, 0.4) is 0 Å². The summed E-state index contributed by atoms with van der Waals surface area (Å²) in [4.78, 5) is 38.5. The SMILES string of the molecule is COc1ccc(C)cc1N1CCN2C1=NC1C2C(=O)N(Cc2ccc(C)cc2)C(=O)N1C. The quantitative estimate of drug-likeness (QED) is 0.742. The Morgan fingerprint density at radius 1 is 1.03 bits per heavy atom. The molecule has 2 atom stereocenters. The number of urea groups is 1. The lowest BCUT2D eigenvalue weighted by atomic mass is 10.1. The van der Waals surface area contributed by atoms with Gasteiger partial charge in [0.15, 0.2) is 12.2 Å². The van der Waals surface area contributed by atoms with Crippen molar-refractivity contribution in [2.24, 2.45) is 4.99 Å². The fraction of sp³-hybridized carbons (Fsp3) is 0.375. The summed E-state index contributed by atoms with van der Waals surface area (Å²) in [5, 5.41) is 0. The van der Waals surface area contributed by atoms with Crippen LogP contribution in [0.2, 0.25) is 0 Å². The fourth-order valence-corrected chi connectivity index (χ4v) is 4.70. The van der Waals surface area contributed by atoms with E-state index < -0.39 is 12.2 Å². The molecule has 166 valence electrons. The van der Waals surface area contributed by atoms with Gasteiger partial charge in [0.25, 0.3) is 5.91 Å². The van der Waals surface area contributed by atoms with E-state index in [-0.39, 0.29) is 18.5 Å². The summed E-state index contributed by atoms with van der Waals surface area (Å²) in [5.41, 5.74) is 4.10. The predicted molar refractivity (Wildman–Crippen MR) is 122 cm³/mol. The summed E-state index contributed by atoms with van der Waals surface area (Å²) in [6.45, 7) is 5.66. The number of benzene rings is 2. The van der Waals surface area contributed by atoms with Crippen LogP contribution in [0.25, 0.3) is 0 Å². The minimum atomic E-state index is -0.530. The van der Waals surface area contributed by atoms with Gasteiger partial charge in [0, 0.05) is 20.1 Å². The zero-order valence-electron chi connectivity index (χ0n) is 18.8. The molecule has 8 nitrogen and oxygen atoms in total. The lowest BCUT2D eigenvalue weighted by molar-refractivity contribution is -0.137. The number of rotatable bonds is 4. The van der Waals surface area contributed by atoms with Crippen molar-refractivity contribution in [2.45, 2.75) is 32.6 Å². The molecule has 3 amide bonds. The molecule has 3 aliphatic heterocycles. The van der Waals surface area contributed by atoms with E-state index in [9.17, 15) is 9.59 Å². The Kier molecular flexibility index (Phi) is 4.80. The van der Waals surface area contributed by atoms with Gasteiger partial charge in [-0.25, -0.2) is 9.79 Å². The van der Waals surface area contributed by atoms with Crippen LogP contribution in [0.5, 0.6) is 5.75 Å². The number of imide groups is 1. The van der Waals surface area contributed by atoms with Crippen molar-refractivity contribution in [1.29, 1.82) is 0 Å². The maximum atomic E-state index is 13.5. The number of anilines is 1. The van der Waals surface area contributed by atoms with Gasteiger partial charge >= 0.3 is 6.03 Å². The number of carbonyl (C=O) groups is 2. The monoisotopic (exact) mass is 433 g/mol. The third-order valence-electron chi connectivity index (χ3n) is 6.46. The minimum Gasteiger partial charge on any atom is -0.495 e. The number of methoxy groups -OCH3 is 1. The Morgan fingerprint density at radius 2 is 1.75 bits per heavy atom. The van der Waals surface area contributed by atoms with Crippen LogP contribution in [-0.2, 0) is 11.3 Å². The number of hydrogen-bond donors (Lipinski definition) is 0. The highest BCUT2D eigenvalue weighted by atomic mass is 16.5. The van der Waals surface area contributed by atoms with Gasteiger partial charge in [0.1, 0.15) is 5.75 Å². The van der Waals surface area contributed by atoms with Crippen molar-refractivity contribution in [3.8, 4) is 5.75 Å². The van der Waals surface area contributed by atoms with E-state index in [1.807, 2.05) is 55.1 Å². The standard InChI is InChI=1S/C24H27N5O3/c1-15-5-8-17(9-6-15)14-29-22(30)20-21(26(3)24(29)31)25-23-27(11-12-28(20)23)18-13-16(2)7-10-19(18)32-4/h5-10,13,20-21H,11-12,14H2,1-4H3. The minimum absolute atomic E-state index is 0.199. The second-order valence-electron chi connectivity index (χ2n) is 8.61. The number of aryl methyl sites for hydroxylation is 2. The number of amides is 3. The molecule has 3 heterocycles. The Balaban J connectivity index is 1.45. The average Bonchev–Trinajstić information content (AvgIpc) is 3.36. The van der Waals surface area contributed by atoms with E-state index in [2.05, 4.69) is 11.0 Å². The van der Waals surface area contributed by atoms with E-state index >= 15 is 0 Å². The van der Waals surface area contributed by atoms with Crippen molar-refractivity contribution >= 4 is 23.6 Å². The number of guanidine groups is 1. The smallest absolute Gasteiger partial charge is 0.328 e. The van der Waals surface area contributed by atoms with Gasteiger partial charge in [-0.3, -0.25) is 9.69 Å². The van der Waals surface area contributed by atoms with E-state index in [1.54, 1.807) is 19.1 Å². The van der Waals surface area contributed by atoms with Crippen LogP contribution in [0.15, 0.2) is 47.5 Å². The number of nitrogens with zero attached hydrogens (tertiary/aromatic N) is 5. The third kappa shape index (κ3) is 3.09. The van der Waals surface area contributed by atoms with Crippen molar-refractivity contribution in [2.75, 3.05) is 32.1 Å². The zero-order valence-corrected chi connectivity index (χ0v) is 18.8. The second kappa shape index (κ2) is 7.55.